The zero-order valence-electron chi connectivity index (χ0n) is 13.2. The number of benzene rings is 1. The van der Waals surface area contributed by atoms with Crippen molar-refractivity contribution in [2.45, 2.75) is 38.8 Å². The lowest BCUT2D eigenvalue weighted by molar-refractivity contribution is 0.0505. The summed E-state index contributed by atoms with van der Waals surface area (Å²) in [6.07, 6.45) is -0.521. The third-order valence-electron chi connectivity index (χ3n) is 2.76. The van der Waals surface area contributed by atoms with Gasteiger partial charge in [0.25, 0.3) is 0 Å². The number of alkyl carbamates (subject to hydrolysis) is 1. The summed E-state index contributed by atoms with van der Waals surface area (Å²) in [6.45, 7) is 5.28. The Bertz CT molecular complexity index is 530. The molecule has 0 heterocycles. The monoisotopic (exact) mass is 316 g/mol. The second-order valence-electron chi connectivity index (χ2n) is 5.86. The molecule has 3 N–H and O–H groups in total. The number of carbonyl (C=O) groups excluding carboxylic acids is 1. The topological polar surface area (TPSA) is 73.6 Å². The molecule has 0 bridgehead atoms. The van der Waals surface area contributed by atoms with Crippen LogP contribution in [0.15, 0.2) is 12.1 Å². The van der Waals surface area contributed by atoms with Crippen molar-refractivity contribution in [3.8, 4) is 5.75 Å². The largest absolute Gasteiger partial charge is 0.493 e. The number of hydrogen-bond acceptors (Lipinski definition) is 4. The van der Waals surface area contributed by atoms with Gasteiger partial charge in [0, 0.05) is 24.2 Å². The van der Waals surface area contributed by atoms with E-state index in [-0.39, 0.29) is 24.3 Å². The summed E-state index contributed by atoms with van der Waals surface area (Å²) < 4.78 is 37.0. The van der Waals surface area contributed by atoms with Crippen LogP contribution in [0.3, 0.4) is 0 Å². The van der Waals surface area contributed by atoms with Crippen LogP contribution in [0, 0.1) is 11.6 Å². The molecular weight excluding hydrogens is 294 g/mol. The van der Waals surface area contributed by atoms with Gasteiger partial charge in [0.15, 0.2) is 11.6 Å². The zero-order chi connectivity index (χ0) is 16.9. The predicted molar refractivity (Wildman–Crippen MR) is 78.8 cm³/mol. The second-order valence-corrected chi connectivity index (χ2v) is 5.86. The summed E-state index contributed by atoms with van der Waals surface area (Å²) in [5.41, 5.74) is 5.24. The van der Waals surface area contributed by atoms with Crippen molar-refractivity contribution >= 4 is 6.09 Å². The van der Waals surface area contributed by atoms with E-state index in [1.165, 1.54) is 7.11 Å². The van der Waals surface area contributed by atoms with Crippen molar-refractivity contribution in [3.05, 3.63) is 29.3 Å². The molecule has 5 nitrogen and oxygen atoms in total. The third-order valence-corrected chi connectivity index (χ3v) is 2.76. The predicted octanol–water partition coefficient (Wildman–Crippen LogP) is 2.37. The average Bonchev–Trinajstić information content (AvgIpc) is 2.35. The molecule has 0 saturated heterocycles. The first-order valence-corrected chi connectivity index (χ1v) is 6.87. The fraction of sp³-hybridized carbons (Fsp3) is 0.533. The molecule has 0 aromatic heterocycles. The molecule has 1 atom stereocenters. The van der Waals surface area contributed by atoms with Gasteiger partial charge in [-0.2, -0.15) is 0 Å². The number of ether oxygens (including phenoxy) is 2. The molecule has 0 fully saturated rings. The van der Waals surface area contributed by atoms with Gasteiger partial charge in [-0.15, -0.1) is 0 Å². The van der Waals surface area contributed by atoms with Crippen LogP contribution in [-0.2, 0) is 11.2 Å². The molecule has 0 aliphatic rings. The number of nitrogens with one attached hydrogen (secondary N) is 1. The molecule has 7 heteroatoms. The Morgan fingerprint density at radius 1 is 1.36 bits per heavy atom. The lowest BCUT2D eigenvalue weighted by Gasteiger charge is -2.23. The molecule has 1 rings (SSSR count). The fourth-order valence-electron chi connectivity index (χ4n) is 1.93. The number of methoxy groups -OCH3 is 1. The van der Waals surface area contributed by atoms with Gasteiger partial charge in [-0.25, -0.2) is 13.6 Å². The Balaban J connectivity index is 2.85. The van der Waals surface area contributed by atoms with Crippen molar-refractivity contribution in [2.75, 3.05) is 13.7 Å². The Labute approximate surface area is 128 Å². The summed E-state index contributed by atoms with van der Waals surface area (Å²) in [5, 5.41) is 2.58. The molecule has 1 amide bonds. The standard InChI is InChI=1S/C15H22F2N2O3/c1-15(2,3)22-14(20)19-11(8-18)6-9-5-10(16)7-12(17)13(9)21-4/h5,7,11H,6,8,18H2,1-4H3,(H,19,20). The van der Waals surface area contributed by atoms with Gasteiger partial charge in [-0.3, -0.25) is 0 Å². The molecule has 0 radical (unpaired) electrons. The summed E-state index contributed by atoms with van der Waals surface area (Å²) in [6, 6.07) is 1.35. The summed E-state index contributed by atoms with van der Waals surface area (Å²) in [5.74, 6) is -1.59. The molecule has 22 heavy (non-hydrogen) atoms. The van der Waals surface area contributed by atoms with E-state index in [0.29, 0.717) is 0 Å². The van der Waals surface area contributed by atoms with Crippen molar-refractivity contribution in [2.24, 2.45) is 5.73 Å². The quantitative estimate of drug-likeness (QED) is 0.874. The lowest BCUT2D eigenvalue weighted by Crippen LogP contribution is -2.44. The van der Waals surface area contributed by atoms with E-state index in [9.17, 15) is 13.6 Å². The first kappa shape index (κ1) is 18.2. The lowest BCUT2D eigenvalue weighted by atomic mass is 10.0. The molecule has 0 aliphatic heterocycles. The molecule has 0 aliphatic carbocycles. The molecule has 1 aromatic rings. The van der Waals surface area contributed by atoms with Crippen LogP contribution in [0.25, 0.3) is 0 Å². The highest BCUT2D eigenvalue weighted by Gasteiger charge is 2.21. The highest BCUT2D eigenvalue weighted by atomic mass is 19.1. The number of nitrogens with two attached hydrogens (primary N) is 1. The minimum absolute atomic E-state index is 0.0640. The maximum absolute atomic E-state index is 13.6. The van der Waals surface area contributed by atoms with Crippen LogP contribution < -0.4 is 15.8 Å². The summed E-state index contributed by atoms with van der Waals surface area (Å²) in [4.78, 5) is 11.7. The zero-order valence-corrected chi connectivity index (χ0v) is 13.2. The Morgan fingerprint density at radius 3 is 2.50 bits per heavy atom. The highest BCUT2D eigenvalue weighted by Crippen LogP contribution is 2.25. The van der Waals surface area contributed by atoms with Crippen LogP contribution >= 0.6 is 0 Å². The summed E-state index contributed by atoms with van der Waals surface area (Å²) in [7, 11) is 1.29. The van der Waals surface area contributed by atoms with E-state index < -0.39 is 29.4 Å². The van der Waals surface area contributed by atoms with E-state index in [1.807, 2.05) is 0 Å². The van der Waals surface area contributed by atoms with E-state index in [2.05, 4.69) is 5.32 Å². The van der Waals surface area contributed by atoms with Crippen molar-refractivity contribution in [3.63, 3.8) is 0 Å². The van der Waals surface area contributed by atoms with Crippen molar-refractivity contribution in [1.82, 2.24) is 5.32 Å². The third kappa shape index (κ3) is 5.48. The van der Waals surface area contributed by atoms with Gasteiger partial charge in [-0.1, -0.05) is 0 Å². The van der Waals surface area contributed by atoms with Gasteiger partial charge >= 0.3 is 6.09 Å². The first-order chi connectivity index (χ1) is 10.2. The highest BCUT2D eigenvalue weighted by molar-refractivity contribution is 5.68. The van der Waals surface area contributed by atoms with Gasteiger partial charge in [0.2, 0.25) is 0 Å². The molecular formula is C15H22F2N2O3. The Morgan fingerprint density at radius 2 is 2.00 bits per heavy atom. The number of amides is 1. The van der Waals surface area contributed by atoms with Gasteiger partial charge < -0.3 is 20.5 Å². The van der Waals surface area contributed by atoms with Gasteiger partial charge in [-0.05, 0) is 33.3 Å². The van der Waals surface area contributed by atoms with Crippen LogP contribution in [-0.4, -0.2) is 31.4 Å². The van der Waals surface area contributed by atoms with Crippen molar-refractivity contribution in [1.29, 1.82) is 0 Å². The maximum Gasteiger partial charge on any atom is 0.407 e. The fourth-order valence-corrected chi connectivity index (χ4v) is 1.93. The van der Waals surface area contributed by atoms with Crippen LogP contribution in [0.4, 0.5) is 13.6 Å². The molecule has 1 aromatic carbocycles. The Hall–Kier alpha value is -1.89. The number of halogens is 2. The molecule has 0 spiro atoms. The van der Waals surface area contributed by atoms with E-state index in [0.717, 1.165) is 12.1 Å². The smallest absolute Gasteiger partial charge is 0.407 e. The van der Waals surface area contributed by atoms with Crippen molar-refractivity contribution < 1.29 is 23.0 Å². The molecule has 1 unspecified atom stereocenters. The molecule has 0 saturated carbocycles. The maximum atomic E-state index is 13.6. The average molecular weight is 316 g/mol. The van der Waals surface area contributed by atoms with Crippen LogP contribution in [0.2, 0.25) is 0 Å². The normalized spacial score (nSPS) is 12.7. The SMILES string of the molecule is COc1c(F)cc(F)cc1CC(CN)NC(=O)OC(C)(C)C. The first-order valence-electron chi connectivity index (χ1n) is 6.87. The van der Waals surface area contributed by atoms with E-state index in [4.69, 9.17) is 15.2 Å². The second kappa shape index (κ2) is 7.40. The van der Waals surface area contributed by atoms with Crippen LogP contribution in [0.5, 0.6) is 5.75 Å². The minimum atomic E-state index is -0.800. The number of hydrogen-bond donors (Lipinski definition) is 2. The Kier molecular flexibility index (Phi) is 6.11. The molecule has 124 valence electrons. The summed E-state index contributed by atoms with van der Waals surface area (Å²) >= 11 is 0. The van der Waals surface area contributed by atoms with Crippen LogP contribution in [0.1, 0.15) is 26.3 Å². The van der Waals surface area contributed by atoms with Gasteiger partial charge in [0.05, 0.1) is 7.11 Å². The number of rotatable bonds is 5. The number of carbonyl (C=O) groups is 1. The van der Waals surface area contributed by atoms with Gasteiger partial charge in [0.1, 0.15) is 11.4 Å². The van der Waals surface area contributed by atoms with E-state index >= 15 is 0 Å². The van der Waals surface area contributed by atoms with E-state index in [1.54, 1.807) is 20.8 Å². The minimum Gasteiger partial charge on any atom is -0.493 e.